The van der Waals surface area contributed by atoms with E-state index < -0.39 is 24.3 Å². The van der Waals surface area contributed by atoms with Crippen LogP contribution in [0.1, 0.15) is 25.0 Å². The number of nitrogens with zero attached hydrogens (tertiary/aromatic N) is 5. The number of pyridine rings is 2. The van der Waals surface area contributed by atoms with Gasteiger partial charge >= 0.3 is 6.09 Å². The van der Waals surface area contributed by atoms with Gasteiger partial charge in [-0.25, -0.2) is 18.9 Å². The van der Waals surface area contributed by atoms with Crippen LogP contribution in [-0.4, -0.2) is 43.1 Å². The molecule has 3 atom stereocenters. The van der Waals surface area contributed by atoms with Crippen molar-refractivity contribution in [3.8, 4) is 11.4 Å². The van der Waals surface area contributed by atoms with E-state index in [0.717, 1.165) is 0 Å². The molecule has 0 bridgehead atoms. The van der Waals surface area contributed by atoms with Crippen molar-refractivity contribution in [1.29, 1.82) is 0 Å². The van der Waals surface area contributed by atoms with E-state index in [9.17, 15) is 14.0 Å². The topological polar surface area (TPSA) is 124 Å². The second-order valence-electron chi connectivity index (χ2n) is 7.25. The van der Waals surface area contributed by atoms with Crippen LogP contribution < -0.4 is 10.6 Å². The summed E-state index contributed by atoms with van der Waals surface area (Å²) in [5.41, 5.74) is 1.71. The van der Waals surface area contributed by atoms with Crippen molar-refractivity contribution >= 4 is 35.1 Å². The molecule has 0 aliphatic heterocycles. The summed E-state index contributed by atoms with van der Waals surface area (Å²) in [6, 6.07) is 6.62. The van der Waals surface area contributed by atoms with Gasteiger partial charge in [0.2, 0.25) is 5.91 Å². The number of ether oxygens (including phenoxy) is 1. The maximum atomic E-state index is 13.0. The molecule has 1 aliphatic carbocycles. The van der Waals surface area contributed by atoms with Crippen molar-refractivity contribution in [3.05, 3.63) is 47.4 Å². The van der Waals surface area contributed by atoms with Crippen LogP contribution in [0.25, 0.3) is 11.4 Å². The Hall–Kier alpha value is -3.60. The molecule has 12 heteroatoms. The first-order valence-electron chi connectivity index (χ1n) is 9.72. The van der Waals surface area contributed by atoms with E-state index in [1.807, 2.05) is 0 Å². The molecule has 0 spiro atoms. The lowest BCUT2D eigenvalue weighted by Crippen LogP contribution is -2.18. The minimum atomic E-state index is -1.08. The summed E-state index contributed by atoms with van der Waals surface area (Å²) in [6.07, 6.45) is 0.752. The van der Waals surface area contributed by atoms with Gasteiger partial charge in [0.05, 0.1) is 23.5 Å². The number of carbonyl (C=O) groups is 2. The molecule has 4 rings (SSSR count). The van der Waals surface area contributed by atoms with Crippen molar-refractivity contribution in [2.75, 3.05) is 10.6 Å². The molecule has 3 aromatic rings. The molecule has 0 radical (unpaired) electrons. The summed E-state index contributed by atoms with van der Waals surface area (Å²) in [5, 5.41) is 13.4. The number of rotatable bonds is 6. The molecule has 0 aromatic carbocycles. The summed E-state index contributed by atoms with van der Waals surface area (Å²) in [5.74, 6) is -0.707. The lowest BCUT2D eigenvalue weighted by Gasteiger charge is -2.15. The highest BCUT2D eigenvalue weighted by Gasteiger charge is 2.43. The van der Waals surface area contributed by atoms with E-state index in [0.29, 0.717) is 22.6 Å². The molecule has 1 fully saturated rings. The number of alkyl halides is 1. The molecule has 0 unspecified atom stereocenters. The zero-order valence-electron chi connectivity index (χ0n) is 17.1. The maximum absolute atomic E-state index is 13.0. The summed E-state index contributed by atoms with van der Waals surface area (Å²) in [7, 11) is 1.60. The molecule has 3 aromatic heterocycles. The highest BCUT2D eigenvalue weighted by molar-refractivity contribution is 6.30. The number of anilines is 2. The molecule has 1 saturated carbocycles. The van der Waals surface area contributed by atoms with Gasteiger partial charge in [0.15, 0.2) is 11.5 Å². The van der Waals surface area contributed by atoms with E-state index >= 15 is 0 Å². The Balaban J connectivity index is 1.44. The fourth-order valence-electron chi connectivity index (χ4n) is 3.00. The molecule has 2 N–H and O–H groups in total. The number of aryl methyl sites for hydroxylation is 1. The number of hydrogen-bond acceptors (Lipinski definition) is 7. The third-order valence-electron chi connectivity index (χ3n) is 4.88. The van der Waals surface area contributed by atoms with Crippen molar-refractivity contribution < 1.29 is 18.7 Å². The largest absolute Gasteiger partial charge is 0.441 e. The average Bonchev–Trinajstić information content (AvgIpc) is 3.40. The molecule has 2 amide bonds. The Morgan fingerprint density at radius 1 is 1.28 bits per heavy atom. The van der Waals surface area contributed by atoms with Crippen LogP contribution in [0.15, 0.2) is 36.7 Å². The second kappa shape index (κ2) is 8.87. The minimum absolute atomic E-state index is 0.244. The highest BCUT2D eigenvalue weighted by atomic mass is 35.5. The zero-order valence-corrected chi connectivity index (χ0v) is 17.9. The van der Waals surface area contributed by atoms with E-state index in [2.05, 4.69) is 30.9 Å². The van der Waals surface area contributed by atoms with Gasteiger partial charge in [-0.05, 0) is 31.5 Å². The lowest BCUT2D eigenvalue weighted by atomic mass is 10.2. The molecule has 0 saturated heterocycles. The molecular formula is C20H19ClFN7O3. The average molecular weight is 460 g/mol. The van der Waals surface area contributed by atoms with Gasteiger partial charge in [-0.2, -0.15) is 0 Å². The van der Waals surface area contributed by atoms with Gasteiger partial charge in [0, 0.05) is 18.8 Å². The van der Waals surface area contributed by atoms with E-state index in [1.165, 1.54) is 10.9 Å². The van der Waals surface area contributed by atoms with E-state index in [-0.39, 0.29) is 23.3 Å². The predicted octanol–water partition coefficient (Wildman–Crippen LogP) is 3.53. The SMILES string of the molecule is C[C@@H](OC(=O)Nc1c(-c2ccc(NC(=O)[C@@H]3C[C@H]3F)cn2)nnn1C)c1cccnc1Cl. The van der Waals surface area contributed by atoms with E-state index in [1.54, 1.807) is 44.4 Å². The maximum Gasteiger partial charge on any atom is 0.413 e. The zero-order chi connectivity index (χ0) is 22.8. The number of carbonyl (C=O) groups excluding carboxylic acids is 2. The van der Waals surface area contributed by atoms with Crippen LogP contribution in [0.3, 0.4) is 0 Å². The van der Waals surface area contributed by atoms with Crippen molar-refractivity contribution in [2.24, 2.45) is 13.0 Å². The van der Waals surface area contributed by atoms with Crippen molar-refractivity contribution in [2.45, 2.75) is 25.6 Å². The molecule has 1 aliphatic rings. The molecular weight excluding hydrogens is 441 g/mol. The minimum Gasteiger partial charge on any atom is -0.441 e. The van der Waals surface area contributed by atoms with Gasteiger partial charge in [-0.15, -0.1) is 5.10 Å². The Bertz CT molecular complexity index is 1150. The van der Waals surface area contributed by atoms with Crippen LogP contribution in [0, 0.1) is 5.92 Å². The van der Waals surface area contributed by atoms with Crippen LogP contribution in [0.5, 0.6) is 0 Å². The summed E-state index contributed by atoms with van der Waals surface area (Å²) in [4.78, 5) is 32.5. The third kappa shape index (κ3) is 4.67. The first-order valence-corrected chi connectivity index (χ1v) is 10.1. The molecule has 166 valence electrons. The molecule has 10 nitrogen and oxygen atoms in total. The Morgan fingerprint density at radius 2 is 2.06 bits per heavy atom. The van der Waals surface area contributed by atoms with Gasteiger partial charge < -0.3 is 10.1 Å². The Labute approximate surface area is 187 Å². The fourth-order valence-corrected chi connectivity index (χ4v) is 3.27. The number of amides is 2. The highest BCUT2D eigenvalue weighted by Crippen LogP contribution is 2.34. The number of halogens is 2. The van der Waals surface area contributed by atoms with Crippen LogP contribution in [0.4, 0.5) is 20.7 Å². The fraction of sp³-hybridized carbons (Fsp3) is 0.300. The van der Waals surface area contributed by atoms with Crippen LogP contribution in [0.2, 0.25) is 5.15 Å². The first kappa shape index (κ1) is 21.6. The lowest BCUT2D eigenvalue weighted by molar-refractivity contribution is -0.117. The van der Waals surface area contributed by atoms with Crippen LogP contribution >= 0.6 is 11.6 Å². The second-order valence-corrected chi connectivity index (χ2v) is 7.60. The summed E-state index contributed by atoms with van der Waals surface area (Å²) >= 11 is 6.05. The smallest absolute Gasteiger partial charge is 0.413 e. The predicted molar refractivity (Wildman–Crippen MR) is 114 cm³/mol. The van der Waals surface area contributed by atoms with Gasteiger partial charge in [-0.1, -0.05) is 22.9 Å². The normalized spacial score (nSPS) is 18.0. The Morgan fingerprint density at radius 3 is 2.72 bits per heavy atom. The van der Waals surface area contributed by atoms with Crippen molar-refractivity contribution in [3.63, 3.8) is 0 Å². The molecule has 3 heterocycles. The van der Waals surface area contributed by atoms with Crippen molar-refractivity contribution in [1.82, 2.24) is 25.0 Å². The van der Waals surface area contributed by atoms with Gasteiger partial charge in [0.25, 0.3) is 0 Å². The number of aromatic nitrogens is 5. The Kier molecular flexibility index (Phi) is 5.99. The standard InChI is InChI=1S/C20H19ClFN7O3/c1-10(12-4-3-7-23-17(12)21)32-20(31)26-18-16(27-28-29(18)2)15-6-5-11(9-24-15)25-19(30)13-8-14(13)22/h3-7,9-10,13-14H,8H2,1-2H3,(H,25,30)(H,26,31)/t10-,13-,14-/m1/s1. The third-order valence-corrected chi connectivity index (χ3v) is 5.20. The number of hydrogen-bond donors (Lipinski definition) is 2. The summed E-state index contributed by atoms with van der Waals surface area (Å²) in [6.45, 7) is 1.67. The van der Waals surface area contributed by atoms with Crippen LogP contribution in [-0.2, 0) is 16.6 Å². The molecule has 32 heavy (non-hydrogen) atoms. The first-order chi connectivity index (χ1) is 15.3. The monoisotopic (exact) mass is 459 g/mol. The quantitative estimate of drug-likeness (QED) is 0.540. The van der Waals surface area contributed by atoms with Gasteiger partial charge in [-0.3, -0.25) is 15.1 Å². The number of nitrogens with one attached hydrogen (secondary N) is 2. The van der Waals surface area contributed by atoms with E-state index in [4.69, 9.17) is 16.3 Å². The summed E-state index contributed by atoms with van der Waals surface area (Å²) < 4.78 is 19.8. The van der Waals surface area contributed by atoms with Gasteiger partial charge in [0.1, 0.15) is 17.4 Å².